The first-order valence-electron chi connectivity index (χ1n) is 26.3. The normalized spacial score (nSPS) is 21.5. The maximum absolute atomic E-state index is 2.81. The molecular weight excluding hydrogens is 846 g/mol. The van der Waals surface area contributed by atoms with Crippen molar-refractivity contribution < 1.29 is 0 Å². The molecule has 3 nitrogen and oxygen atoms in total. The van der Waals surface area contributed by atoms with Crippen LogP contribution in [-0.2, 0) is 27.1 Å². The van der Waals surface area contributed by atoms with Crippen molar-refractivity contribution in [2.45, 2.75) is 141 Å². The third kappa shape index (κ3) is 5.18. The van der Waals surface area contributed by atoms with Gasteiger partial charge in [0, 0.05) is 66.7 Å². The predicted molar refractivity (Wildman–Crippen MR) is 298 cm³/mol. The molecule has 4 bridgehead atoms. The van der Waals surface area contributed by atoms with Crippen molar-refractivity contribution in [3.05, 3.63) is 172 Å². The van der Waals surface area contributed by atoms with Crippen molar-refractivity contribution in [2.24, 2.45) is 0 Å². The number of nitrogens with zero attached hydrogens (tertiary/aromatic N) is 3. The van der Waals surface area contributed by atoms with Gasteiger partial charge in [0.05, 0.1) is 16.9 Å². The van der Waals surface area contributed by atoms with Crippen LogP contribution in [0.5, 0.6) is 0 Å². The first kappa shape index (κ1) is 42.6. The molecule has 2 unspecified atom stereocenters. The summed E-state index contributed by atoms with van der Waals surface area (Å²) in [4.78, 5) is 5.53. The molecule has 7 aliphatic rings. The number of para-hydroxylation sites is 1. The van der Waals surface area contributed by atoms with Gasteiger partial charge in [-0.2, -0.15) is 0 Å². The van der Waals surface area contributed by atoms with E-state index in [0.717, 1.165) is 6.42 Å². The number of hydrogen-bond donors (Lipinski definition) is 0. The summed E-state index contributed by atoms with van der Waals surface area (Å²) in [6.45, 7) is 29.2. The Bertz CT molecular complexity index is 3630. The molecule has 0 N–H and O–H groups in total. The summed E-state index contributed by atoms with van der Waals surface area (Å²) in [6, 6.07) is 53.8. The number of rotatable bonds is 1. The van der Waals surface area contributed by atoms with Gasteiger partial charge in [0.15, 0.2) is 0 Å². The van der Waals surface area contributed by atoms with Gasteiger partial charge in [0.2, 0.25) is 0 Å². The van der Waals surface area contributed by atoms with Crippen molar-refractivity contribution in [3.63, 3.8) is 0 Å². The van der Waals surface area contributed by atoms with Crippen LogP contribution >= 0.6 is 0 Å². The highest BCUT2D eigenvalue weighted by molar-refractivity contribution is 7.00. The first-order chi connectivity index (χ1) is 33.2. The summed E-state index contributed by atoms with van der Waals surface area (Å²) in [7, 11) is 0. The Hall–Kier alpha value is -6.26. The molecule has 0 amide bonds. The van der Waals surface area contributed by atoms with E-state index in [9.17, 15) is 0 Å². The van der Waals surface area contributed by atoms with Crippen LogP contribution in [0.2, 0.25) is 0 Å². The van der Waals surface area contributed by atoms with Gasteiger partial charge >= 0.3 is 0 Å². The minimum absolute atomic E-state index is 0.0215. The van der Waals surface area contributed by atoms with Crippen LogP contribution in [0, 0.1) is 0 Å². The van der Waals surface area contributed by atoms with Crippen molar-refractivity contribution in [2.75, 3.05) is 9.80 Å². The second kappa shape index (κ2) is 13.4. The SMILES string of the molecule is CC(C)(C)c1ccc2c(c1)-c1ccc(cc1)C(C)(C)c1cc3c4c(c1)-n1c5c(c6cccc(c61)B4c1ccc(N4c6ccc(C(C)(C)C)cc6C6(C)CCCCC46C)cc1N23)C(C)(C)c1ccccc1-5. The third-order valence-electron chi connectivity index (χ3n) is 19.3. The average Bonchev–Trinajstić information content (AvgIpc) is 3.88. The number of hydrogen-bond acceptors (Lipinski definition) is 2. The van der Waals surface area contributed by atoms with Gasteiger partial charge in [-0.15, -0.1) is 0 Å². The van der Waals surface area contributed by atoms with Crippen LogP contribution < -0.4 is 26.2 Å². The third-order valence-corrected chi connectivity index (χ3v) is 19.3. The van der Waals surface area contributed by atoms with Gasteiger partial charge in [-0.25, -0.2) is 0 Å². The highest BCUT2D eigenvalue weighted by Gasteiger charge is 2.58. The molecule has 8 aromatic rings. The van der Waals surface area contributed by atoms with E-state index < -0.39 is 0 Å². The maximum atomic E-state index is 2.81. The summed E-state index contributed by atoms with van der Waals surface area (Å²) in [5, 5.41) is 1.38. The van der Waals surface area contributed by atoms with Crippen LogP contribution in [0.1, 0.15) is 148 Å². The predicted octanol–water partition coefficient (Wildman–Crippen LogP) is 15.2. The topological polar surface area (TPSA) is 11.4 Å². The highest BCUT2D eigenvalue weighted by Crippen LogP contribution is 2.62. The molecule has 70 heavy (non-hydrogen) atoms. The molecule has 1 fully saturated rings. The molecule has 5 aliphatic heterocycles. The Balaban J connectivity index is 1.12. The molecule has 1 aromatic heterocycles. The number of fused-ring (bicyclic) bond motifs is 14. The summed E-state index contributed by atoms with van der Waals surface area (Å²) in [6.07, 6.45) is 4.87. The smallest absolute Gasteiger partial charge is 0.252 e. The summed E-state index contributed by atoms with van der Waals surface area (Å²) in [5.41, 5.74) is 28.0. The fraction of sp³-hybridized carbons (Fsp3) is 0.333. The van der Waals surface area contributed by atoms with Gasteiger partial charge in [-0.1, -0.05) is 180 Å². The molecule has 0 saturated heterocycles. The Kier molecular flexibility index (Phi) is 8.14. The van der Waals surface area contributed by atoms with Crippen LogP contribution in [0.3, 0.4) is 0 Å². The summed E-state index contributed by atoms with van der Waals surface area (Å²) < 4.78 is 2.73. The van der Waals surface area contributed by atoms with Gasteiger partial charge < -0.3 is 14.4 Å². The molecule has 1 saturated carbocycles. The average molecular weight is 912 g/mol. The van der Waals surface area contributed by atoms with Gasteiger partial charge in [0.25, 0.3) is 6.71 Å². The number of aromatic nitrogens is 1. The Labute approximate surface area is 416 Å². The Morgan fingerprint density at radius 1 is 0.514 bits per heavy atom. The van der Waals surface area contributed by atoms with Gasteiger partial charge in [0.1, 0.15) is 0 Å². The van der Waals surface area contributed by atoms with Gasteiger partial charge in [-0.05, 0) is 134 Å². The zero-order valence-corrected chi connectivity index (χ0v) is 43.4. The highest BCUT2D eigenvalue weighted by atomic mass is 15.3. The van der Waals surface area contributed by atoms with E-state index in [4.69, 9.17) is 0 Å². The molecule has 7 aromatic carbocycles. The summed E-state index contributed by atoms with van der Waals surface area (Å²) in [5.74, 6) is 0. The Morgan fingerprint density at radius 2 is 1.21 bits per heavy atom. The lowest BCUT2D eigenvalue weighted by Crippen LogP contribution is -2.60. The monoisotopic (exact) mass is 912 g/mol. The zero-order chi connectivity index (χ0) is 48.4. The van der Waals surface area contributed by atoms with E-state index in [1.54, 1.807) is 0 Å². The molecule has 0 radical (unpaired) electrons. The van der Waals surface area contributed by atoms with Gasteiger partial charge in [-0.3, -0.25) is 0 Å². The van der Waals surface area contributed by atoms with E-state index >= 15 is 0 Å². The van der Waals surface area contributed by atoms with Crippen LogP contribution in [0.25, 0.3) is 39.0 Å². The maximum Gasteiger partial charge on any atom is 0.252 e. The standard InChI is InChI=1S/C66H66BN3/c1-61(2,3)41-26-30-52-47(34-41)39-22-24-40(25-23-39)63(7,8)43-36-55-58-56(37-43)69-59-46(57-60(69)45-18-13-14-20-48(45)64(57,9)10)19-17-21-51(59)67(58)50-29-28-44(38-54(50)68(52)55)70-53-31-27-42(62(4,5)6)35-49(53)65(11)32-15-16-33-66(65,70)12/h13-14,17-31,34-38H,15-16,32-33H2,1-12H3. The largest absolute Gasteiger partial charge is 0.334 e. The van der Waals surface area contributed by atoms with Crippen molar-refractivity contribution >= 4 is 62.4 Å². The van der Waals surface area contributed by atoms with E-state index in [-0.39, 0.29) is 39.3 Å². The van der Waals surface area contributed by atoms with E-state index in [1.807, 2.05) is 0 Å². The summed E-state index contributed by atoms with van der Waals surface area (Å²) >= 11 is 0. The number of anilines is 5. The lowest BCUT2D eigenvalue weighted by molar-refractivity contribution is 0.195. The first-order valence-corrected chi connectivity index (χ1v) is 26.3. The fourth-order valence-corrected chi connectivity index (χ4v) is 15.0. The molecular formula is C66H66BN3. The van der Waals surface area contributed by atoms with Crippen LogP contribution in [-0.4, -0.2) is 16.8 Å². The van der Waals surface area contributed by atoms with Crippen molar-refractivity contribution in [1.29, 1.82) is 0 Å². The number of benzene rings is 7. The van der Waals surface area contributed by atoms with E-state index in [0.29, 0.717) is 0 Å². The molecule has 6 heterocycles. The quantitative estimate of drug-likeness (QED) is 0.152. The molecule has 4 heteroatoms. The lowest BCUT2D eigenvalue weighted by Gasteiger charge is -2.50. The van der Waals surface area contributed by atoms with Crippen molar-refractivity contribution in [1.82, 2.24) is 4.57 Å². The molecule has 0 spiro atoms. The van der Waals surface area contributed by atoms with Crippen LogP contribution in [0.4, 0.5) is 28.4 Å². The fourth-order valence-electron chi connectivity index (χ4n) is 15.0. The second-order valence-corrected chi connectivity index (χ2v) is 25.7. The molecule has 15 rings (SSSR count). The minimum Gasteiger partial charge on any atom is -0.334 e. The second-order valence-electron chi connectivity index (χ2n) is 25.7. The van der Waals surface area contributed by atoms with Crippen LogP contribution in [0.15, 0.2) is 133 Å². The van der Waals surface area contributed by atoms with E-state index in [1.165, 1.54) is 142 Å². The molecule has 348 valence electrons. The van der Waals surface area contributed by atoms with E-state index in [2.05, 4.69) is 231 Å². The van der Waals surface area contributed by atoms with Crippen molar-refractivity contribution in [3.8, 4) is 28.1 Å². The molecule has 2 atom stereocenters. The minimum atomic E-state index is -0.283. The molecule has 2 aliphatic carbocycles. The lowest BCUT2D eigenvalue weighted by atomic mass is 9.33. The zero-order valence-electron chi connectivity index (χ0n) is 43.4. The Morgan fingerprint density at radius 3 is 1.97 bits per heavy atom.